The Morgan fingerprint density at radius 3 is 2.71 bits per heavy atom. The Kier molecular flexibility index (Phi) is 5.25. The molecule has 3 heterocycles. The highest BCUT2D eigenvalue weighted by molar-refractivity contribution is 6.21. The molecule has 10 heteroatoms. The summed E-state index contributed by atoms with van der Waals surface area (Å²) in [6, 6.07) is 12.2. The fourth-order valence-corrected chi connectivity index (χ4v) is 4.01. The molecule has 0 atom stereocenters. The van der Waals surface area contributed by atoms with Crippen molar-refractivity contribution in [3.8, 4) is 5.69 Å². The number of amides is 3. The van der Waals surface area contributed by atoms with E-state index in [1.54, 1.807) is 42.5 Å². The number of imide groups is 1. The van der Waals surface area contributed by atoms with E-state index >= 15 is 0 Å². The number of aromatic nitrogens is 4. The molecular weight excluding hydrogens is 436 g/mol. The fourth-order valence-electron chi connectivity index (χ4n) is 4.01. The Hall–Kier alpha value is -4.60. The van der Waals surface area contributed by atoms with Gasteiger partial charge in [0, 0.05) is 13.0 Å². The summed E-state index contributed by atoms with van der Waals surface area (Å²) in [5.41, 5.74) is 2.82. The maximum Gasteiger partial charge on any atom is 0.261 e. The van der Waals surface area contributed by atoms with E-state index in [0.717, 1.165) is 5.56 Å². The molecule has 170 valence electrons. The fraction of sp³-hybridized carbons (Fsp3) is 0.167. The summed E-state index contributed by atoms with van der Waals surface area (Å²) in [5, 5.41) is 7.43. The average molecular weight is 456 g/mol. The van der Waals surface area contributed by atoms with Gasteiger partial charge in [-0.2, -0.15) is 5.10 Å². The highest BCUT2D eigenvalue weighted by Gasteiger charge is 2.35. The van der Waals surface area contributed by atoms with Crippen LogP contribution in [-0.4, -0.2) is 48.9 Å². The molecule has 1 aliphatic heterocycles. The summed E-state index contributed by atoms with van der Waals surface area (Å²) in [5.74, 6) is -0.941. The third-order valence-corrected chi connectivity index (χ3v) is 5.69. The van der Waals surface area contributed by atoms with Crippen LogP contribution in [0.3, 0.4) is 0 Å². The van der Waals surface area contributed by atoms with Crippen molar-refractivity contribution in [2.75, 3.05) is 11.9 Å². The zero-order valence-corrected chi connectivity index (χ0v) is 18.2. The molecule has 0 unspecified atom stereocenters. The molecule has 0 spiro atoms. The Bertz CT molecular complexity index is 1520. The van der Waals surface area contributed by atoms with Gasteiger partial charge in [-0.1, -0.05) is 23.8 Å². The van der Waals surface area contributed by atoms with Crippen LogP contribution in [0, 0.1) is 6.92 Å². The molecular formula is C24H20N6O4. The van der Waals surface area contributed by atoms with E-state index in [2.05, 4.69) is 20.4 Å². The molecule has 0 saturated heterocycles. The summed E-state index contributed by atoms with van der Waals surface area (Å²) in [4.78, 5) is 57.7. The lowest BCUT2D eigenvalue weighted by atomic mass is 10.1. The van der Waals surface area contributed by atoms with Crippen molar-refractivity contribution in [3.05, 3.63) is 82.0 Å². The van der Waals surface area contributed by atoms with Crippen LogP contribution >= 0.6 is 0 Å². The lowest BCUT2D eigenvalue weighted by molar-refractivity contribution is -0.116. The first-order valence-electron chi connectivity index (χ1n) is 10.7. The number of nitrogens with one attached hydrogen (secondary N) is 2. The smallest absolute Gasteiger partial charge is 0.261 e. The van der Waals surface area contributed by atoms with E-state index in [-0.39, 0.29) is 36.2 Å². The zero-order chi connectivity index (χ0) is 23.8. The number of nitrogens with zero attached hydrogens (tertiary/aromatic N) is 4. The molecule has 1 aliphatic rings. The molecule has 0 bridgehead atoms. The van der Waals surface area contributed by atoms with Gasteiger partial charge < -0.3 is 10.3 Å². The molecule has 5 rings (SSSR count). The predicted molar refractivity (Wildman–Crippen MR) is 124 cm³/mol. The van der Waals surface area contributed by atoms with Gasteiger partial charge in [0.05, 0.1) is 35.0 Å². The number of hydrogen-bond donors (Lipinski definition) is 2. The highest BCUT2D eigenvalue weighted by Crippen LogP contribution is 2.25. The number of rotatable bonds is 6. The summed E-state index contributed by atoms with van der Waals surface area (Å²) in [6.45, 7) is 2.01. The largest absolute Gasteiger partial charge is 0.324 e. The number of anilines is 1. The number of hydrogen-bond acceptors (Lipinski definition) is 6. The van der Waals surface area contributed by atoms with E-state index in [1.165, 1.54) is 22.1 Å². The monoisotopic (exact) mass is 456 g/mol. The Balaban J connectivity index is 1.27. The van der Waals surface area contributed by atoms with Crippen LogP contribution < -0.4 is 10.9 Å². The number of aromatic amines is 1. The van der Waals surface area contributed by atoms with Crippen molar-refractivity contribution in [2.24, 2.45) is 0 Å². The van der Waals surface area contributed by atoms with Gasteiger partial charge in [0.25, 0.3) is 17.4 Å². The molecule has 3 amide bonds. The molecule has 4 aromatic rings. The quantitative estimate of drug-likeness (QED) is 0.429. The van der Waals surface area contributed by atoms with Crippen LogP contribution in [0.25, 0.3) is 16.7 Å². The van der Waals surface area contributed by atoms with Gasteiger partial charge in [0.15, 0.2) is 5.65 Å². The van der Waals surface area contributed by atoms with Crippen molar-refractivity contribution < 1.29 is 14.4 Å². The number of H-pyrrole nitrogens is 1. The third-order valence-electron chi connectivity index (χ3n) is 5.69. The highest BCUT2D eigenvalue weighted by atomic mass is 16.2. The molecule has 2 aromatic carbocycles. The second kappa shape index (κ2) is 8.39. The van der Waals surface area contributed by atoms with Crippen molar-refractivity contribution in [3.63, 3.8) is 0 Å². The van der Waals surface area contributed by atoms with Gasteiger partial charge >= 0.3 is 0 Å². The summed E-state index contributed by atoms with van der Waals surface area (Å²) >= 11 is 0. The van der Waals surface area contributed by atoms with Crippen molar-refractivity contribution in [1.82, 2.24) is 24.6 Å². The average Bonchev–Trinajstić information content (AvgIpc) is 3.35. The maximum absolute atomic E-state index is 12.7. The minimum Gasteiger partial charge on any atom is -0.324 e. The standard InChI is InChI=1S/C24H20N6O4/c1-14-8-9-15-16(11-14)24(34)29(23(15)33)10-4-7-20(31)28-18-5-2-3-6-19(18)30-21-17(12-27-30)22(32)26-13-25-21/h2-3,5-6,8-9,11-13H,4,7,10H2,1H3,(H,28,31)(H,25,26,32). The van der Waals surface area contributed by atoms with Crippen LogP contribution in [0.2, 0.25) is 0 Å². The van der Waals surface area contributed by atoms with E-state index in [9.17, 15) is 19.2 Å². The van der Waals surface area contributed by atoms with Gasteiger partial charge in [0.1, 0.15) is 5.39 Å². The summed E-state index contributed by atoms with van der Waals surface area (Å²) in [6.07, 6.45) is 3.15. The van der Waals surface area contributed by atoms with E-state index < -0.39 is 0 Å². The van der Waals surface area contributed by atoms with Crippen molar-refractivity contribution in [2.45, 2.75) is 19.8 Å². The summed E-state index contributed by atoms with van der Waals surface area (Å²) in [7, 11) is 0. The number of aryl methyl sites for hydroxylation is 1. The molecule has 0 radical (unpaired) electrons. The predicted octanol–water partition coefficient (Wildman–Crippen LogP) is 2.43. The third kappa shape index (κ3) is 3.64. The lowest BCUT2D eigenvalue weighted by Gasteiger charge is -2.14. The van der Waals surface area contributed by atoms with E-state index in [0.29, 0.717) is 40.0 Å². The number of para-hydroxylation sites is 2. The number of carbonyl (C=O) groups is 3. The normalized spacial score (nSPS) is 12.9. The van der Waals surface area contributed by atoms with Crippen LogP contribution in [0.5, 0.6) is 0 Å². The van der Waals surface area contributed by atoms with Gasteiger partial charge in [-0.25, -0.2) is 9.67 Å². The molecule has 0 aliphatic carbocycles. The van der Waals surface area contributed by atoms with Crippen LogP contribution in [0.4, 0.5) is 5.69 Å². The van der Waals surface area contributed by atoms with Gasteiger partial charge in [-0.3, -0.25) is 24.1 Å². The van der Waals surface area contributed by atoms with Gasteiger partial charge in [-0.05, 0) is 37.6 Å². The first kappa shape index (κ1) is 21.3. The number of benzene rings is 2. The molecule has 2 N–H and O–H groups in total. The minimum absolute atomic E-state index is 0.110. The van der Waals surface area contributed by atoms with Crippen molar-refractivity contribution in [1.29, 1.82) is 0 Å². The van der Waals surface area contributed by atoms with Gasteiger partial charge in [0.2, 0.25) is 5.91 Å². The zero-order valence-electron chi connectivity index (χ0n) is 18.2. The number of fused-ring (bicyclic) bond motifs is 2. The van der Waals surface area contributed by atoms with Crippen LogP contribution in [-0.2, 0) is 4.79 Å². The topological polar surface area (TPSA) is 130 Å². The van der Waals surface area contributed by atoms with Crippen LogP contribution in [0.1, 0.15) is 39.1 Å². The maximum atomic E-state index is 12.7. The summed E-state index contributed by atoms with van der Waals surface area (Å²) < 4.78 is 1.49. The molecule has 34 heavy (non-hydrogen) atoms. The first-order valence-corrected chi connectivity index (χ1v) is 10.7. The Morgan fingerprint density at radius 2 is 1.85 bits per heavy atom. The Labute approximate surface area is 193 Å². The van der Waals surface area contributed by atoms with Crippen LogP contribution in [0.15, 0.2) is 59.8 Å². The SMILES string of the molecule is Cc1ccc2c(c1)C(=O)N(CCCC(=O)Nc1ccccc1-n1ncc3c(=O)[nH]cnc31)C2=O. The minimum atomic E-state index is -0.334. The van der Waals surface area contributed by atoms with E-state index in [1.807, 2.05) is 6.92 Å². The number of carbonyl (C=O) groups excluding carboxylic acids is 3. The lowest BCUT2D eigenvalue weighted by Crippen LogP contribution is -2.31. The first-order chi connectivity index (χ1) is 16.4. The van der Waals surface area contributed by atoms with Crippen molar-refractivity contribution >= 4 is 34.4 Å². The second-order valence-corrected chi connectivity index (χ2v) is 8.01. The molecule has 0 saturated carbocycles. The second-order valence-electron chi connectivity index (χ2n) is 8.01. The molecule has 0 fully saturated rings. The molecule has 2 aromatic heterocycles. The van der Waals surface area contributed by atoms with Gasteiger partial charge in [-0.15, -0.1) is 0 Å². The molecule has 10 nitrogen and oxygen atoms in total. The Morgan fingerprint density at radius 1 is 1.06 bits per heavy atom. The van der Waals surface area contributed by atoms with E-state index in [4.69, 9.17) is 0 Å².